The van der Waals surface area contributed by atoms with Gasteiger partial charge < -0.3 is 26.2 Å². The van der Waals surface area contributed by atoms with E-state index in [9.17, 15) is 15.0 Å². The lowest BCUT2D eigenvalue weighted by Gasteiger charge is -2.20. The van der Waals surface area contributed by atoms with Gasteiger partial charge in [-0.1, -0.05) is 0 Å². The number of nitrogens with zero attached hydrogens (tertiary/aromatic N) is 1. The van der Waals surface area contributed by atoms with Crippen LogP contribution in [0, 0.1) is 0 Å². The second-order valence-electron chi connectivity index (χ2n) is 4.83. The molecule has 0 aromatic heterocycles. The second-order valence-corrected chi connectivity index (χ2v) is 4.83. The van der Waals surface area contributed by atoms with Crippen LogP contribution in [0.25, 0.3) is 0 Å². The molecule has 18 heavy (non-hydrogen) atoms. The first-order valence-electron chi connectivity index (χ1n) is 5.88. The zero-order valence-electron chi connectivity index (χ0n) is 9.76. The Balaban J connectivity index is 1.94. The van der Waals surface area contributed by atoms with E-state index in [-0.39, 0.29) is 5.91 Å². The third-order valence-electron chi connectivity index (χ3n) is 3.48. The van der Waals surface area contributed by atoms with Crippen LogP contribution in [0.3, 0.4) is 0 Å². The maximum atomic E-state index is 11.3. The van der Waals surface area contributed by atoms with Gasteiger partial charge >= 0.3 is 0 Å². The Morgan fingerprint density at radius 2 is 1.94 bits per heavy atom. The predicted molar refractivity (Wildman–Crippen MR) is 67.4 cm³/mol. The summed E-state index contributed by atoms with van der Waals surface area (Å²) < 4.78 is 0. The topological polar surface area (TPSA) is 98.8 Å². The molecule has 2 unspecified atom stereocenters. The number of rotatable bonds is 1. The van der Waals surface area contributed by atoms with E-state index in [0.29, 0.717) is 25.2 Å². The molecule has 2 atom stereocenters. The molecule has 0 spiro atoms. The van der Waals surface area contributed by atoms with Gasteiger partial charge in [0, 0.05) is 18.8 Å². The molecule has 5 N–H and O–H groups in total. The van der Waals surface area contributed by atoms with Gasteiger partial charge in [0.05, 0.1) is 30.0 Å². The van der Waals surface area contributed by atoms with Crippen LogP contribution in [0.4, 0.5) is 17.1 Å². The van der Waals surface area contributed by atoms with Crippen LogP contribution < -0.4 is 16.0 Å². The first-order valence-corrected chi connectivity index (χ1v) is 5.88. The Morgan fingerprint density at radius 3 is 2.61 bits per heavy atom. The highest BCUT2D eigenvalue weighted by molar-refractivity contribution is 6.00. The van der Waals surface area contributed by atoms with Crippen LogP contribution in [0.15, 0.2) is 12.1 Å². The second kappa shape index (κ2) is 3.86. The van der Waals surface area contributed by atoms with Crippen LogP contribution in [0.1, 0.15) is 5.56 Å². The van der Waals surface area contributed by atoms with Crippen LogP contribution in [-0.4, -0.2) is 41.4 Å². The van der Waals surface area contributed by atoms with Gasteiger partial charge in [-0.05, 0) is 17.7 Å². The molecule has 0 bridgehead atoms. The van der Waals surface area contributed by atoms with Crippen molar-refractivity contribution in [3.63, 3.8) is 0 Å². The molecule has 3 rings (SSSR count). The van der Waals surface area contributed by atoms with E-state index in [4.69, 9.17) is 5.73 Å². The van der Waals surface area contributed by atoms with E-state index in [1.807, 2.05) is 4.90 Å². The normalized spacial score (nSPS) is 26.3. The molecule has 2 aliphatic rings. The predicted octanol–water partition coefficient (Wildman–Crippen LogP) is -0.695. The number of carbonyl (C=O) groups is 1. The minimum absolute atomic E-state index is 0.0389. The number of benzene rings is 1. The number of amides is 1. The molecule has 1 aromatic rings. The van der Waals surface area contributed by atoms with Crippen molar-refractivity contribution in [2.24, 2.45) is 0 Å². The lowest BCUT2D eigenvalue weighted by molar-refractivity contribution is -0.115. The van der Waals surface area contributed by atoms with Gasteiger partial charge in [-0.3, -0.25) is 4.79 Å². The van der Waals surface area contributed by atoms with Gasteiger partial charge in [-0.15, -0.1) is 0 Å². The Kier molecular flexibility index (Phi) is 2.42. The number of aliphatic hydroxyl groups is 2. The molecule has 6 nitrogen and oxygen atoms in total. The molecular formula is C12H15N3O3. The largest absolute Gasteiger partial charge is 0.397 e. The van der Waals surface area contributed by atoms with Crippen molar-refractivity contribution >= 4 is 23.0 Å². The zero-order valence-corrected chi connectivity index (χ0v) is 9.76. The molecule has 0 radical (unpaired) electrons. The first-order chi connectivity index (χ1) is 8.54. The third-order valence-corrected chi connectivity index (χ3v) is 3.48. The van der Waals surface area contributed by atoms with E-state index in [1.165, 1.54) is 0 Å². The summed E-state index contributed by atoms with van der Waals surface area (Å²) in [7, 11) is 0. The van der Waals surface area contributed by atoms with Crippen molar-refractivity contribution in [2.75, 3.05) is 29.0 Å². The molecule has 1 saturated heterocycles. The van der Waals surface area contributed by atoms with E-state index in [2.05, 4.69) is 5.32 Å². The first kappa shape index (κ1) is 11.3. The van der Waals surface area contributed by atoms with Gasteiger partial charge in [-0.25, -0.2) is 0 Å². The van der Waals surface area contributed by atoms with Crippen molar-refractivity contribution in [2.45, 2.75) is 18.6 Å². The van der Waals surface area contributed by atoms with Crippen LogP contribution >= 0.6 is 0 Å². The molecule has 96 valence electrons. The number of aliphatic hydroxyl groups excluding tert-OH is 2. The highest BCUT2D eigenvalue weighted by Gasteiger charge is 2.31. The third kappa shape index (κ3) is 1.70. The van der Waals surface area contributed by atoms with E-state index in [1.54, 1.807) is 12.1 Å². The van der Waals surface area contributed by atoms with Crippen LogP contribution in [-0.2, 0) is 11.2 Å². The summed E-state index contributed by atoms with van der Waals surface area (Å²) in [5.41, 5.74) is 8.92. The maximum Gasteiger partial charge on any atom is 0.228 e. The summed E-state index contributed by atoms with van der Waals surface area (Å²) in [6.07, 6.45) is -1.16. The molecule has 1 amide bonds. The van der Waals surface area contributed by atoms with E-state index >= 15 is 0 Å². The molecule has 0 aliphatic carbocycles. The summed E-state index contributed by atoms with van der Waals surface area (Å²) in [5.74, 6) is -0.0389. The highest BCUT2D eigenvalue weighted by Crippen LogP contribution is 2.35. The Bertz CT molecular complexity index is 508. The minimum Gasteiger partial charge on any atom is -0.397 e. The molecule has 1 fully saturated rings. The van der Waals surface area contributed by atoms with Crippen molar-refractivity contribution in [1.82, 2.24) is 0 Å². The van der Waals surface area contributed by atoms with Crippen LogP contribution in [0.2, 0.25) is 0 Å². The Morgan fingerprint density at radius 1 is 1.28 bits per heavy atom. The number of anilines is 3. The number of nitrogen functional groups attached to an aromatic ring is 1. The molecular weight excluding hydrogens is 234 g/mol. The van der Waals surface area contributed by atoms with Gasteiger partial charge in [0.15, 0.2) is 0 Å². The summed E-state index contributed by atoms with van der Waals surface area (Å²) in [5, 5.41) is 21.9. The fourth-order valence-electron chi connectivity index (χ4n) is 2.52. The van der Waals surface area contributed by atoms with Crippen LogP contribution in [0.5, 0.6) is 0 Å². The molecule has 2 aliphatic heterocycles. The van der Waals surface area contributed by atoms with E-state index in [0.717, 1.165) is 16.9 Å². The highest BCUT2D eigenvalue weighted by atomic mass is 16.3. The summed E-state index contributed by atoms with van der Waals surface area (Å²) >= 11 is 0. The zero-order chi connectivity index (χ0) is 12.9. The summed E-state index contributed by atoms with van der Waals surface area (Å²) in [4.78, 5) is 13.1. The number of hydrogen-bond donors (Lipinski definition) is 4. The fraction of sp³-hybridized carbons (Fsp3) is 0.417. The Hall–Kier alpha value is -1.79. The van der Waals surface area contributed by atoms with Crippen molar-refractivity contribution < 1.29 is 15.0 Å². The standard InChI is InChI=1S/C12H15N3O3/c13-7-1-6-2-12(18)14-8(6)3-9(7)15-4-10(16)11(17)5-15/h1,3,10-11,16-17H,2,4-5,13H2,(H,14,18). The monoisotopic (exact) mass is 249 g/mol. The molecule has 0 saturated carbocycles. The van der Waals surface area contributed by atoms with E-state index < -0.39 is 12.2 Å². The average molecular weight is 249 g/mol. The quantitative estimate of drug-likeness (QED) is 0.494. The number of nitrogens with two attached hydrogens (primary N) is 1. The van der Waals surface area contributed by atoms with Crippen molar-refractivity contribution in [1.29, 1.82) is 0 Å². The molecule has 2 heterocycles. The maximum absolute atomic E-state index is 11.3. The van der Waals surface area contributed by atoms with Crippen molar-refractivity contribution in [3.05, 3.63) is 17.7 Å². The number of fused-ring (bicyclic) bond motifs is 1. The number of β-amino-alcohol motifs (C(OH)–C–C–N with tert-alkyl or cyclic N) is 2. The lowest BCUT2D eigenvalue weighted by atomic mass is 10.1. The minimum atomic E-state index is -0.757. The van der Waals surface area contributed by atoms with Gasteiger partial charge in [0.25, 0.3) is 0 Å². The lowest BCUT2D eigenvalue weighted by Crippen LogP contribution is -2.22. The number of carbonyl (C=O) groups excluding carboxylic acids is 1. The average Bonchev–Trinajstić information content (AvgIpc) is 2.80. The van der Waals surface area contributed by atoms with Gasteiger partial charge in [0.1, 0.15) is 0 Å². The summed E-state index contributed by atoms with van der Waals surface area (Å²) in [6.45, 7) is 0.691. The Labute approximate surface area is 104 Å². The fourth-order valence-corrected chi connectivity index (χ4v) is 2.52. The molecule has 1 aromatic carbocycles. The summed E-state index contributed by atoms with van der Waals surface area (Å²) in [6, 6.07) is 3.58. The number of nitrogens with one attached hydrogen (secondary N) is 1. The number of hydrogen-bond acceptors (Lipinski definition) is 5. The van der Waals surface area contributed by atoms with Gasteiger partial charge in [-0.2, -0.15) is 0 Å². The van der Waals surface area contributed by atoms with Crippen molar-refractivity contribution in [3.8, 4) is 0 Å². The smallest absolute Gasteiger partial charge is 0.228 e. The van der Waals surface area contributed by atoms with Gasteiger partial charge in [0.2, 0.25) is 5.91 Å². The molecule has 6 heteroatoms. The SMILES string of the molecule is Nc1cc2c(cc1N1CC(O)C(O)C1)NC(=O)C2.